The highest BCUT2D eigenvalue weighted by molar-refractivity contribution is 9.10. The Kier molecular flexibility index (Phi) is 2.22. The summed E-state index contributed by atoms with van der Waals surface area (Å²) in [5, 5.41) is 1.69. The van der Waals surface area contributed by atoms with Gasteiger partial charge in [-0.15, -0.1) is 0 Å². The van der Waals surface area contributed by atoms with E-state index in [0.717, 1.165) is 15.4 Å². The average molecular weight is 261 g/mol. The fourth-order valence-corrected chi connectivity index (χ4v) is 1.99. The van der Waals surface area contributed by atoms with Gasteiger partial charge in [-0.25, -0.2) is 0 Å². The first-order valence-electron chi connectivity index (χ1n) is 3.73. The molecule has 0 bridgehead atoms. The molecule has 0 radical (unpaired) electrons. The van der Waals surface area contributed by atoms with Crippen molar-refractivity contribution in [2.45, 2.75) is 0 Å². The molecular weight excluding hydrogens is 253 g/mol. The molecule has 1 aromatic carbocycles. The van der Waals surface area contributed by atoms with Crippen molar-refractivity contribution in [1.29, 1.82) is 0 Å². The van der Waals surface area contributed by atoms with Gasteiger partial charge in [0, 0.05) is 16.1 Å². The number of benzene rings is 1. The van der Waals surface area contributed by atoms with Gasteiger partial charge in [-0.1, -0.05) is 11.6 Å². The molecular formula is C9H7BrClNO. The zero-order valence-corrected chi connectivity index (χ0v) is 9.24. The second-order valence-electron chi connectivity index (χ2n) is 2.64. The van der Waals surface area contributed by atoms with Crippen molar-refractivity contribution in [1.82, 2.24) is 4.98 Å². The van der Waals surface area contributed by atoms with Crippen LogP contribution in [-0.2, 0) is 0 Å². The Morgan fingerprint density at radius 3 is 2.92 bits per heavy atom. The van der Waals surface area contributed by atoms with Crippen molar-refractivity contribution in [3.05, 3.63) is 27.8 Å². The normalized spacial score (nSPS) is 10.7. The lowest BCUT2D eigenvalue weighted by Gasteiger charge is -2.03. The predicted molar refractivity (Wildman–Crippen MR) is 57.6 cm³/mol. The minimum atomic E-state index is 0.615. The number of aromatic nitrogens is 1. The SMILES string of the molecule is COc1c(Cl)ccc2c(Br)c[nH]c12. The molecule has 2 aromatic rings. The van der Waals surface area contributed by atoms with Crippen LogP contribution in [0.25, 0.3) is 10.9 Å². The Bertz CT molecular complexity index is 452. The topological polar surface area (TPSA) is 25.0 Å². The van der Waals surface area contributed by atoms with E-state index in [4.69, 9.17) is 16.3 Å². The minimum Gasteiger partial charge on any atom is -0.493 e. The average Bonchev–Trinajstić information content (AvgIpc) is 2.48. The first kappa shape index (κ1) is 8.91. The summed E-state index contributed by atoms with van der Waals surface area (Å²) in [4.78, 5) is 3.09. The van der Waals surface area contributed by atoms with E-state index in [1.54, 1.807) is 7.11 Å². The first-order chi connectivity index (χ1) is 6.24. The molecule has 13 heavy (non-hydrogen) atoms. The second-order valence-corrected chi connectivity index (χ2v) is 3.90. The highest BCUT2D eigenvalue weighted by atomic mass is 79.9. The number of fused-ring (bicyclic) bond motifs is 1. The van der Waals surface area contributed by atoms with Gasteiger partial charge >= 0.3 is 0 Å². The lowest BCUT2D eigenvalue weighted by atomic mass is 10.2. The Morgan fingerprint density at radius 1 is 1.46 bits per heavy atom. The van der Waals surface area contributed by atoms with Crippen molar-refractivity contribution in [3.8, 4) is 5.75 Å². The van der Waals surface area contributed by atoms with Gasteiger partial charge in [0.1, 0.15) is 0 Å². The molecule has 0 atom stereocenters. The molecule has 0 aliphatic carbocycles. The molecule has 1 aromatic heterocycles. The van der Waals surface area contributed by atoms with E-state index in [1.807, 2.05) is 18.3 Å². The summed E-state index contributed by atoms with van der Waals surface area (Å²) in [7, 11) is 1.61. The fraction of sp³-hybridized carbons (Fsp3) is 0.111. The van der Waals surface area contributed by atoms with Gasteiger partial charge in [-0.05, 0) is 28.1 Å². The number of ether oxygens (including phenoxy) is 1. The quantitative estimate of drug-likeness (QED) is 0.833. The smallest absolute Gasteiger partial charge is 0.161 e. The van der Waals surface area contributed by atoms with Gasteiger partial charge in [-0.2, -0.15) is 0 Å². The van der Waals surface area contributed by atoms with Crippen molar-refractivity contribution in [2.24, 2.45) is 0 Å². The third-order valence-electron chi connectivity index (χ3n) is 1.91. The van der Waals surface area contributed by atoms with E-state index >= 15 is 0 Å². The summed E-state index contributed by atoms with van der Waals surface area (Å²) >= 11 is 9.38. The lowest BCUT2D eigenvalue weighted by Crippen LogP contribution is -1.85. The maximum absolute atomic E-state index is 5.95. The number of nitrogens with one attached hydrogen (secondary N) is 1. The van der Waals surface area contributed by atoms with Crippen LogP contribution >= 0.6 is 27.5 Å². The van der Waals surface area contributed by atoms with Gasteiger partial charge in [0.15, 0.2) is 5.75 Å². The summed E-state index contributed by atoms with van der Waals surface area (Å²) in [6.07, 6.45) is 1.86. The zero-order chi connectivity index (χ0) is 9.42. The Labute approximate surface area is 89.0 Å². The fourth-order valence-electron chi connectivity index (χ4n) is 1.31. The number of aromatic amines is 1. The van der Waals surface area contributed by atoms with Crippen LogP contribution in [0.1, 0.15) is 0 Å². The first-order valence-corrected chi connectivity index (χ1v) is 4.90. The number of rotatable bonds is 1. The Hall–Kier alpha value is -0.670. The largest absolute Gasteiger partial charge is 0.493 e. The standard InChI is InChI=1S/C9H7BrClNO/c1-13-9-7(11)3-2-5-6(10)4-12-8(5)9/h2-4,12H,1H3. The highest BCUT2D eigenvalue weighted by Crippen LogP contribution is 2.35. The number of H-pyrrole nitrogens is 1. The van der Waals surface area contributed by atoms with E-state index < -0.39 is 0 Å². The van der Waals surface area contributed by atoms with E-state index in [2.05, 4.69) is 20.9 Å². The number of halogens is 2. The molecule has 0 aliphatic heterocycles. The predicted octanol–water partition coefficient (Wildman–Crippen LogP) is 3.59. The monoisotopic (exact) mass is 259 g/mol. The lowest BCUT2D eigenvalue weighted by molar-refractivity contribution is 0.419. The third kappa shape index (κ3) is 1.32. The molecule has 0 amide bonds. The molecule has 68 valence electrons. The van der Waals surface area contributed by atoms with Crippen molar-refractivity contribution in [3.63, 3.8) is 0 Å². The Balaban J connectivity index is 2.85. The highest BCUT2D eigenvalue weighted by Gasteiger charge is 2.09. The van der Waals surface area contributed by atoms with Crippen LogP contribution in [0, 0.1) is 0 Å². The summed E-state index contributed by atoms with van der Waals surface area (Å²) in [6, 6.07) is 3.77. The maximum Gasteiger partial charge on any atom is 0.161 e. The minimum absolute atomic E-state index is 0.615. The third-order valence-corrected chi connectivity index (χ3v) is 2.87. The van der Waals surface area contributed by atoms with Crippen LogP contribution in [0.15, 0.2) is 22.8 Å². The van der Waals surface area contributed by atoms with Gasteiger partial charge in [0.2, 0.25) is 0 Å². The van der Waals surface area contributed by atoms with Gasteiger partial charge in [-0.3, -0.25) is 0 Å². The van der Waals surface area contributed by atoms with Gasteiger partial charge in [0.05, 0.1) is 17.6 Å². The summed E-state index contributed by atoms with van der Waals surface area (Å²) in [5.41, 5.74) is 0.918. The summed E-state index contributed by atoms with van der Waals surface area (Å²) in [6.45, 7) is 0. The van der Waals surface area contributed by atoms with E-state index in [9.17, 15) is 0 Å². The molecule has 0 aliphatic rings. The van der Waals surface area contributed by atoms with Gasteiger partial charge in [0.25, 0.3) is 0 Å². The van der Waals surface area contributed by atoms with E-state index in [1.165, 1.54) is 0 Å². The molecule has 2 rings (SSSR count). The van der Waals surface area contributed by atoms with Crippen LogP contribution in [0.2, 0.25) is 5.02 Å². The van der Waals surface area contributed by atoms with Crippen molar-refractivity contribution in [2.75, 3.05) is 7.11 Å². The van der Waals surface area contributed by atoms with Crippen LogP contribution in [0.5, 0.6) is 5.75 Å². The maximum atomic E-state index is 5.95. The van der Waals surface area contributed by atoms with E-state index in [-0.39, 0.29) is 0 Å². The number of hydrogen-bond acceptors (Lipinski definition) is 1. The molecule has 0 spiro atoms. The Morgan fingerprint density at radius 2 is 2.23 bits per heavy atom. The molecule has 2 nitrogen and oxygen atoms in total. The molecule has 0 unspecified atom stereocenters. The zero-order valence-electron chi connectivity index (χ0n) is 6.90. The van der Waals surface area contributed by atoms with Gasteiger partial charge < -0.3 is 9.72 Å². The number of methoxy groups -OCH3 is 1. The van der Waals surface area contributed by atoms with Crippen molar-refractivity contribution >= 4 is 38.4 Å². The number of hydrogen-bond donors (Lipinski definition) is 1. The van der Waals surface area contributed by atoms with Crippen LogP contribution in [-0.4, -0.2) is 12.1 Å². The van der Waals surface area contributed by atoms with Crippen LogP contribution in [0.4, 0.5) is 0 Å². The summed E-state index contributed by atoms with van der Waals surface area (Å²) in [5.74, 6) is 0.685. The van der Waals surface area contributed by atoms with Crippen LogP contribution in [0.3, 0.4) is 0 Å². The molecule has 0 saturated heterocycles. The molecule has 0 saturated carbocycles. The molecule has 0 fully saturated rings. The van der Waals surface area contributed by atoms with Crippen molar-refractivity contribution < 1.29 is 4.74 Å². The molecule has 4 heteroatoms. The van der Waals surface area contributed by atoms with Crippen LogP contribution < -0.4 is 4.74 Å². The molecule has 1 N–H and O–H groups in total. The second kappa shape index (κ2) is 3.24. The summed E-state index contributed by atoms with van der Waals surface area (Å²) < 4.78 is 6.20. The molecule has 1 heterocycles. The van der Waals surface area contributed by atoms with E-state index in [0.29, 0.717) is 10.8 Å².